The van der Waals surface area contributed by atoms with Crippen LogP contribution in [0.3, 0.4) is 0 Å². The zero-order valence-electron chi connectivity index (χ0n) is 11.4. The SMILES string of the molecule is CC[C@@H]1CCC[C@@]12N[C@H](c1ccccc1)COC2=O. The maximum Gasteiger partial charge on any atom is 0.326 e. The lowest BCUT2D eigenvalue weighted by molar-refractivity contribution is -0.161. The Bertz CT molecular complexity index is 459. The van der Waals surface area contributed by atoms with Crippen molar-refractivity contribution in [1.29, 1.82) is 0 Å². The average molecular weight is 259 g/mol. The van der Waals surface area contributed by atoms with E-state index in [0.717, 1.165) is 25.7 Å². The highest BCUT2D eigenvalue weighted by molar-refractivity contribution is 5.82. The molecule has 2 fully saturated rings. The van der Waals surface area contributed by atoms with Gasteiger partial charge in [-0.15, -0.1) is 0 Å². The summed E-state index contributed by atoms with van der Waals surface area (Å²) in [6.45, 7) is 2.61. The van der Waals surface area contributed by atoms with Crippen molar-refractivity contribution < 1.29 is 9.53 Å². The van der Waals surface area contributed by atoms with Gasteiger partial charge in [0.2, 0.25) is 0 Å². The van der Waals surface area contributed by atoms with Crippen LogP contribution in [0.25, 0.3) is 0 Å². The number of carbonyl (C=O) groups is 1. The lowest BCUT2D eigenvalue weighted by Crippen LogP contribution is -2.60. The van der Waals surface area contributed by atoms with Crippen molar-refractivity contribution in [3.8, 4) is 0 Å². The van der Waals surface area contributed by atoms with Crippen molar-refractivity contribution >= 4 is 5.97 Å². The van der Waals surface area contributed by atoms with E-state index >= 15 is 0 Å². The van der Waals surface area contributed by atoms with Crippen LogP contribution in [-0.4, -0.2) is 18.1 Å². The molecule has 102 valence electrons. The van der Waals surface area contributed by atoms with Crippen molar-refractivity contribution in [1.82, 2.24) is 5.32 Å². The van der Waals surface area contributed by atoms with E-state index in [1.807, 2.05) is 18.2 Å². The predicted octanol–water partition coefficient (Wildman–Crippen LogP) is 2.82. The first kappa shape index (κ1) is 12.7. The number of carbonyl (C=O) groups excluding carboxylic acids is 1. The molecule has 2 aliphatic rings. The normalized spacial score (nSPS) is 34.5. The number of ether oxygens (including phenoxy) is 1. The second-order valence-electron chi connectivity index (χ2n) is 5.67. The van der Waals surface area contributed by atoms with Gasteiger partial charge in [0.1, 0.15) is 12.1 Å². The summed E-state index contributed by atoms with van der Waals surface area (Å²) >= 11 is 0. The number of hydrogen-bond donors (Lipinski definition) is 1. The highest BCUT2D eigenvalue weighted by Crippen LogP contribution is 2.42. The molecule has 3 atom stereocenters. The number of hydrogen-bond acceptors (Lipinski definition) is 3. The van der Waals surface area contributed by atoms with Crippen molar-refractivity contribution in [3.63, 3.8) is 0 Å². The molecule has 3 heteroatoms. The molecule has 19 heavy (non-hydrogen) atoms. The minimum atomic E-state index is -0.437. The van der Waals surface area contributed by atoms with E-state index < -0.39 is 5.54 Å². The number of rotatable bonds is 2. The van der Waals surface area contributed by atoms with E-state index in [4.69, 9.17) is 4.74 Å². The lowest BCUT2D eigenvalue weighted by Gasteiger charge is -2.41. The maximum absolute atomic E-state index is 12.3. The van der Waals surface area contributed by atoms with Crippen LogP contribution in [0.5, 0.6) is 0 Å². The molecule has 0 aromatic heterocycles. The third kappa shape index (κ3) is 2.06. The van der Waals surface area contributed by atoms with E-state index in [9.17, 15) is 4.79 Å². The third-order valence-electron chi connectivity index (χ3n) is 4.69. The van der Waals surface area contributed by atoms with Crippen LogP contribution in [0, 0.1) is 5.92 Å². The van der Waals surface area contributed by atoms with E-state index in [-0.39, 0.29) is 12.0 Å². The van der Waals surface area contributed by atoms with Gasteiger partial charge >= 0.3 is 5.97 Å². The van der Waals surface area contributed by atoms with E-state index in [2.05, 4.69) is 24.4 Å². The molecule has 3 nitrogen and oxygen atoms in total. The van der Waals surface area contributed by atoms with Gasteiger partial charge in [0, 0.05) is 0 Å². The molecule has 1 spiro atoms. The predicted molar refractivity (Wildman–Crippen MR) is 73.6 cm³/mol. The van der Waals surface area contributed by atoms with E-state index in [1.165, 1.54) is 5.56 Å². The Hall–Kier alpha value is -1.35. The molecular formula is C16H21NO2. The van der Waals surface area contributed by atoms with Crippen LogP contribution in [0.2, 0.25) is 0 Å². The second kappa shape index (κ2) is 4.97. The minimum absolute atomic E-state index is 0.0379. The van der Waals surface area contributed by atoms with E-state index in [0.29, 0.717) is 12.5 Å². The van der Waals surface area contributed by atoms with Gasteiger partial charge in [-0.3, -0.25) is 10.1 Å². The number of esters is 1. The monoisotopic (exact) mass is 259 g/mol. The Balaban J connectivity index is 1.87. The second-order valence-corrected chi connectivity index (χ2v) is 5.67. The van der Waals surface area contributed by atoms with Crippen LogP contribution in [0.1, 0.15) is 44.2 Å². The molecule has 1 aromatic carbocycles. The number of morpholine rings is 1. The van der Waals surface area contributed by atoms with Gasteiger partial charge in [-0.1, -0.05) is 50.1 Å². The highest BCUT2D eigenvalue weighted by Gasteiger charge is 2.52. The highest BCUT2D eigenvalue weighted by atomic mass is 16.5. The van der Waals surface area contributed by atoms with Crippen LogP contribution in [-0.2, 0) is 9.53 Å². The molecule has 1 saturated heterocycles. The summed E-state index contributed by atoms with van der Waals surface area (Å²) in [5.74, 6) is 0.371. The summed E-state index contributed by atoms with van der Waals surface area (Å²) in [4.78, 5) is 12.3. The molecule has 1 saturated carbocycles. The maximum atomic E-state index is 12.3. The Kier molecular flexibility index (Phi) is 3.31. The Morgan fingerprint density at radius 1 is 1.37 bits per heavy atom. The molecule has 0 radical (unpaired) electrons. The fourth-order valence-corrected chi connectivity index (χ4v) is 3.65. The number of nitrogens with one attached hydrogen (secondary N) is 1. The average Bonchev–Trinajstić information content (AvgIpc) is 2.86. The summed E-state index contributed by atoms with van der Waals surface area (Å²) in [7, 11) is 0. The summed E-state index contributed by atoms with van der Waals surface area (Å²) in [5.41, 5.74) is 0.768. The fourth-order valence-electron chi connectivity index (χ4n) is 3.65. The van der Waals surface area contributed by atoms with Crippen LogP contribution < -0.4 is 5.32 Å². The molecule has 3 rings (SSSR count). The third-order valence-corrected chi connectivity index (χ3v) is 4.69. The molecular weight excluding hydrogens is 238 g/mol. The van der Waals surface area contributed by atoms with Gasteiger partial charge in [-0.2, -0.15) is 0 Å². The Morgan fingerprint density at radius 2 is 2.16 bits per heavy atom. The standard InChI is InChI=1S/C16H21NO2/c1-2-13-9-6-10-16(13)15(18)19-11-14(17-16)12-7-4-3-5-8-12/h3-5,7-8,13-14,17H,2,6,9-11H2,1H3/t13-,14+,16-/m1/s1. The fraction of sp³-hybridized carbons (Fsp3) is 0.562. The number of cyclic esters (lactones) is 1. The summed E-state index contributed by atoms with van der Waals surface area (Å²) in [5, 5.41) is 3.62. The molecule has 1 aromatic rings. The van der Waals surface area contributed by atoms with Crippen molar-refractivity contribution in [2.75, 3.05) is 6.61 Å². The summed E-state index contributed by atoms with van der Waals surface area (Å²) in [6, 6.07) is 10.4. The lowest BCUT2D eigenvalue weighted by atomic mass is 9.82. The molecule has 1 heterocycles. The summed E-state index contributed by atoms with van der Waals surface area (Å²) in [6.07, 6.45) is 4.18. The number of benzene rings is 1. The molecule has 0 amide bonds. The van der Waals surface area contributed by atoms with Gasteiger partial charge in [-0.05, 0) is 24.3 Å². The largest absolute Gasteiger partial charge is 0.462 e. The minimum Gasteiger partial charge on any atom is -0.462 e. The van der Waals surface area contributed by atoms with Gasteiger partial charge in [-0.25, -0.2) is 0 Å². The zero-order chi connectivity index (χ0) is 13.3. The van der Waals surface area contributed by atoms with Crippen LogP contribution in [0.4, 0.5) is 0 Å². The Morgan fingerprint density at radius 3 is 2.89 bits per heavy atom. The molecule has 1 N–H and O–H groups in total. The van der Waals surface area contributed by atoms with Crippen molar-refractivity contribution in [2.24, 2.45) is 5.92 Å². The van der Waals surface area contributed by atoms with Crippen molar-refractivity contribution in [3.05, 3.63) is 35.9 Å². The first-order valence-electron chi connectivity index (χ1n) is 7.26. The first-order valence-corrected chi connectivity index (χ1v) is 7.26. The van der Waals surface area contributed by atoms with Crippen molar-refractivity contribution in [2.45, 2.75) is 44.2 Å². The smallest absolute Gasteiger partial charge is 0.326 e. The zero-order valence-corrected chi connectivity index (χ0v) is 11.4. The molecule has 0 unspecified atom stereocenters. The summed E-state index contributed by atoms with van der Waals surface area (Å²) < 4.78 is 5.51. The van der Waals surface area contributed by atoms with Gasteiger partial charge in [0.05, 0.1) is 6.04 Å². The molecule has 1 aliphatic carbocycles. The van der Waals surface area contributed by atoms with Crippen LogP contribution in [0.15, 0.2) is 30.3 Å². The quantitative estimate of drug-likeness (QED) is 0.830. The van der Waals surface area contributed by atoms with Crippen LogP contribution >= 0.6 is 0 Å². The first-order chi connectivity index (χ1) is 9.26. The molecule has 1 aliphatic heterocycles. The molecule has 0 bridgehead atoms. The topological polar surface area (TPSA) is 38.3 Å². The van der Waals surface area contributed by atoms with Gasteiger partial charge in [0.25, 0.3) is 0 Å². The Labute approximate surface area is 114 Å². The van der Waals surface area contributed by atoms with Gasteiger partial charge in [0.15, 0.2) is 0 Å². The van der Waals surface area contributed by atoms with Gasteiger partial charge < -0.3 is 4.74 Å². The van der Waals surface area contributed by atoms with E-state index in [1.54, 1.807) is 0 Å².